The molecule has 0 bridgehead atoms. The molecule has 1 aromatic rings. The number of hydrogen-bond acceptors (Lipinski definition) is 3. The molecule has 104 valence electrons. The van der Waals surface area contributed by atoms with Crippen LogP contribution in [0, 0.1) is 5.82 Å². The van der Waals surface area contributed by atoms with E-state index >= 15 is 0 Å². The first kappa shape index (κ1) is 13.8. The van der Waals surface area contributed by atoms with Gasteiger partial charge in [-0.2, -0.15) is 0 Å². The van der Waals surface area contributed by atoms with Crippen molar-refractivity contribution in [2.75, 3.05) is 20.7 Å². The van der Waals surface area contributed by atoms with Crippen molar-refractivity contribution in [1.82, 2.24) is 10.2 Å². The van der Waals surface area contributed by atoms with Gasteiger partial charge in [-0.25, -0.2) is 4.39 Å². The summed E-state index contributed by atoms with van der Waals surface area (Å²) < 4.78 is 18.4. The van der Waals surface area contributed by atoms with Gasteiger partial charge in [-0.3, -0.25) is 4.79 Å². The summed E-state index contributed by atoms with van der Waals surface area (Å²) in [7, 11) is 3.17. The van der Waals surface area contributed by atoms with Crippen LogP contribution in [0.15, 0.2) is 18.2 Å². The molecule has 1 aromatic carbocycles. The molecule has 2 rings (SSSR count). The van der Waals surface area contributed by atoms with Crippen molar-refractivity contribution < 1.29 is 13.9 Å². The van der Waals surface area contributed by atoms with Crippen LogP contribution in [0.2, 0.25) is 0 Å². The average Bonchev–Trinajstić information content (AvgIpc) is 2.92. The van der Waals surface area contributed by atoms with Gasteiger partial charge in [-0.1, -0.05) is 6.07 Å². The summed E-state index contributed by atoms with van der Waals surface area (Å²) >= 11 is 0. The van der Waals surface area contributed by atoms with E-state index in [1.807, 2.05) is 0 Å². The number of carbonyl (C=O) groups excluding carboxylic acids is 1. The van der Waals surface area contributed by atoms with Crippen molar-refractivity contribution in [1.29, 1.82) is 0 Å². The summed E-state index contributed by atoms with van der Waals surface area (Å²) in [5.74, 6) is -0.122. The van der Waals surface area contributed by atoms with E-state index in [2.05, 4.69) is 5.32 Å². The zero-order valence-corrected chi connectivity index (χ0v) is 11.3. The lowest BCUT2D eigenvalue weighted by Crippen LogP contribution is -2.41. The van der Waals surface area contributed by atoms with Crippen LogP contribution < -0.4 is 10.1 Å². The van der Waals surface area contributed by atoms with Gasteiger partial charge in [0.2, 0.25) is 5.91 Å². The van der Waals surface area contributed by atoms with Gasteiger partial charge in [0.15, 0.2) is 11.6 Å². The lowest BCUT2D eigenvalue weighted by atomic mass is 10.1. The molecule has 1 heterocycles. The summed E-state index contributed by atoms with van der Waals surface area (Å²) in [6.45, 7) is 1.29. The Morgan fingerprint density at radius 2 is 2.37 bits per heavy atom. The molecule has 1 amide bonds. The molecule has 0 radical (unpaired) electrons. The van der Waals surface area contributed by atoms with Crippen molar-refractivity contribution in [3.8, 4) is 5.75 Å². The van der Waals surface area contributed by atoms with Crippen LogP contribution in [-0.2, 0) is 11.3 Å². The zero-order chi connectivity index (χ0) is 13.8. The van der Waals surface area contributed by atoms with E-state index in [0.717, 1.165) is 24.9 Å². The first-order valence-electron chi connectivity index (χ1n) is 6.42. The molecule has 0 aromatic heterocycles. The van der Waals surface area contributed by atoms with Crippen LogP contribution in [0.1, 0.15) is 18.4 Å². The van der Waals surface area contributed by atoms with E-state index in [9.17, 15) is 9.18 Å². The van der Waals surface area contributed by atoms with Crippen LogP contribution in [0.5, 0.6) is 5.75 Å². The van der Waals surface area contributed by atoms with Crippen molar-refractivity contribution in [3.05, 3.63) is 29.6 Å². The molecule has 1 aliphatic rings. The van der Waals surface area contributed by atoms with E-state index in [1.54, 1.807) is 24.1 Å². The Morgan fingerprint density at radius 1 is 1.58 bits per heavy atom. The number of likely N-dealkylation sites (N-methyl/N-ethyl adjacent to an activating group) is 1. The van der Waals surface area contributed by atoms with Crippen LogP contribution in [-0.4, -0.2) is 37.6 Å². The van der Waals surface area contributed by atoms with Gasteiger partial charge in [0.25, 0.3) is 0 Å². The van der Waals surface area contributed by atoms with E-state index < -0.39 is 5.82 Å². The Kier molecular flexibility index (Phi) is 4.37. The fourth-order valence-corrected chi connectivity index (χ4v) is 2.32. The number of nitrogens with one attached hydrogen (secondary N) is 1. The van der Waals surface area contributed by atoms with E-state index in [4.69, 9.17) is 4.74 Å². The highest BCUT2D eigenvalue weighted by atomic mass is 19.1. The largest absolute Gasteiger partial charge is 0.494 e. The SMILES string of the molecule is COc1ccc(CN(C)C(=O)[C@@H]2CCCN2)cc1F. The number of ether oxygens (including phenoxy) is 1. The second kappa shape index (κ2) is 6.02. The van der Waals surface area contributed by atoms with Gasteiger partial charge in [0.05, 0.1) is 13.2 Å². The standard InChI is InChI=1S/C14H19FN2O2/c1-17(14(18)12-4-3-7-16-12)9-10-5-6-13(19-2)11(15)8-10/h5-6,8,12,16H,3-4,7,9H2,1-2H3/t12-/m0/s1. The number of benzene rings is 1. The van der Waals surface area contributed by atoms with E-state index in [1.165, 1.54) is 13.2 Å². The predicted molar refractivity (Wildman–Crippen MR) is 70.5 cm³/mol. The number of nitrogens with zero attached hydrogens (tertiary/aromatic N) is 1. The molecular weight excluding hydrogens is 247 g/mol. The van der Waals surface area contributed by atoms with Crippen LogP contribution in [0.3, 0.4) is 0 Å². The summed E-state index contributed by atoms with van der Waals surface area (Å²) in [6.07, 6.45) is 1.90. The minimum atomic E-state index is -0.403. The maximum Gasteiger partial charge on any atom is 0.239 e. The van der Waals surface area contributed by atoms with Crippen molar-refractivity contribution in [2.24, 2.45) is 0 Å². The number of methoxy groups -OCH3 is 1. The van der Waals surface area contributed by atoms with Gasteiger partial charge in [-0.05, 0) is 37.1 Å². The molecule has 0 saturated carbocycles. The third-order valence-corrected chi connectivity index (χ3v) is 3.37. The van der Waals surface area contributed by atoms with Crippen LogP contribution in [0.4, 0.5) is 4.39 Å². The third-order valence-electron chi connectivity index (χ3n) is 3.37. The summed E-state index contributed by atoms with van der Waals surface area (Å²) in [6, 6.07) is 4.67. The smallest absolute Gasteiger partial charge is 0.239 e. The summed E-state index contributed by atoms with van der Waals surface area (Å²) in [4.78, 5) is 13.7. The van der Waals surface area contributed by atoms with Gasteiger partial charge < -0.3 is 15.0 Å². The van der Waals surface area contributed by atoms with Crippen molar-refractivity contribution >= 4 is 5.91 Å². The molecule has 0 spiro atoms. The average molecular weight is 266 g/mol. The number of rotatable bonds is 4. The maximum atomic E-state index is 13.6. The number of halogens is 1. The first-order valence-corrected chi connectivity index (χ1v) is 6.42. The molecule has 1 atom stereocenters. The fourth-order valence-electron chi connectivity index (χ4n) is 2.32. The lowest BCUT2D eigenvalue weighted by molar-refractivity contribution is -0.132. The van der Waals surface area contributed by atoms with E-state index in [-0.39, 0.29) is 17.7 Å². The molecular formula is C14H19FN2O2. The summed E-state index contributed by atoms with van der Waals surface area (Å²) in [5.41, 5.74) is 0.757. The Morgan fingerprint density at radius 3 is 2.95 bits per heavy atom. The molecule has 0 aliphatic carbocycles. The van der Waals surface area contributed by atoms with Gasteiger partial charge in [-0.15, -0.1) is 0 Å². The maximum absolute atomic E-state index is 13.6. The quantitative estimate of drug-likeness (QED) is 0.899. The molecule has 19 heavy (non-hydrogen) atoms. The number of carbonyl (C=O) groups is 1. The topological polar surface area (TPSA) is 41.6 Å². The first-order chi connectivity index (χ1) is 9.11. The Balaban J connectivity index is 1.99. The van der Waals surface area contributed by atoms with Crippen LogP contribution in [0.25, 0.3) is 0 Å². The minimum Gasteiger partial charge on any atom is -0.494 e. The van der Waals surface area contributed by atoms with E-state index in [0.29, 0.717) is 6.54 Å². The molecule has 1 saturated heterocycles. The Labute approximate surface area is 112 Å². The lowest BCUT2D eigenvalue weighted by Gasteiger charge is -2.21. The normalized spacial score (nSPS) is 18.4. The predicted octanol–water partition coefficient (Wildman–Crippen LogP) is 1.54. The second-order valence-corrected chi connectivity index (χ2v) is 4.81. The Hall–Kier alpha value is -1.62. The van der Waals surface area contributed by atoms with Gasteiger partial charge >= 0.3 is 0 Å². The molecule has 4 nitrogen and oxygen atoms in total. The highest BCUT2D eigenvalue weighted by Gasteiger charge is 2.24. The zero-order valence-electron chi connectivity index (χ0n) is 11.3. The van der Waals surface area contributed by atoms with Gasteiger partial charge in [0.1, 0.15) is 0 Å². The molecule has 1 aliphatic heterocycles. The van der Waals surface area contributed by atoms with Crippen molar-refractivity contribution in [3.63, 3.8) is 0 Å². The monoisotopic (exact) mass is 266 g/mol. The molecule has 0 unspecified atom stereocenters. The second-order valence-electron chi connectivity index (χ2n) is 4.81. The van der Waals surface area contributed by atoms with Crippen molar-refractivity contribution in [2.45, 2.75) is 25.4 Å². The molecule has 5 heteroatoms. The highest BCUT2D eigenvalue weighted by Crippen LogP contribution is 2.19. The third kappa shape index (κ3) is 3.23. The fraction of sp³-hybridized carbons (Fsp3) is 0.500. The van der Waals surface area contributed by atoms with Gasteiger partial charge in [0, 0.05) is 13.6 Å². The Bertz CT molecular complexity index is 459. The van der Waals surface area contributed by atoms with Crippen LogP contribution >= 0.6 is 0 Å². The highest BCUT2D eigenvalue weighted by molar-refractivity contribution is 5.81. The number of amides is 1. The minimum absolute atomic E-state index is 0.0636. The molecule has 1 fully saturated rings. The number of hydrogen-bond donors (Lipinski definition) is 1. The molecule has 1 N–H and O–H groups in total. The summed E-state index contributed by atoms with van der Waals surface area (Å²) in [5, 5.41) is 3.17.